The van der Waals surface area contributed by atoms with Crippen LogP contribution in [0.1, 0.15) is 26.2 Å². The minimum atomic E-state index is -3.11. The number of sulfone groups is 1. The normalized spacial score (nSPS) is 26.9. The fraction of sp³-hybridized carbons (Fsp3) is 0.556. The number of hydrogen-bond donors (Lipinski definition) is 2. The number of likely N-dealkylation sites (tertiary alicyclic amines) is 1. The third kappa shape index (κ3) is 5.17. The molecule has 154 valence electrons. The molecule has 0 bridgehead atoms. The summed E-state index contributed by atoms with van der Waals surface area (Å²) in [5.41, 5.74) is -0.277. The second kappa shape index (κ2) is 8.18. The average Bonchev–Trinajstić information content (AvgIpc) is 3.13. The van der Waals surface area contributed by atoms with Crippen LogP contribution in [0.3, 0.4) is 0 Å². The Morgan fingerprint density at radius 3 is 2.71 bits per heavy atom. The van der Waals surface area contributed by atoms with E-state index in [0.717, 1.165) is 6.42 Å². The number of nitrogens with zero attached hydrogens (tertiary/aromatic N) is 1. The quantitative estimate of drug-likeness (QED) is 0.720. The van der Waals surface area contributed by atoms with E-state index in [0.29, 0.717) is 35.1 Å². The van der Waals surface area contributed by atoms with Crippen LogP contribution in [0.25, 0.3) is 0 Å². The summed E-state index contributed by atoms with van der Waals surface area (Å²) in [4.78, 5) is 27.0. The van der Waals surface area contributed by atoms with Gasteiger partial charge < -0.3 is 10.6 Å². The van der Waals surface area contributed by atoms with Gasteiger partial charge >= 0.3 is 0 Å². The summed E-state index contributed by atoms with van der Waals surface area (Å²) in [6.45, 7) is 2.41. The zero-order chi connectivity index (χ0) is 20.5. The van der Waals surface area contributed by atoms with Gasteiger partial charge in [0, 0.05) is 5.02 Å². The molecule has 3 rings (SSSR count). The minimum Gasteiger partial charge on any atom is -0.349 e. The van der Waals surface area contributed by atoms with E-state index in [-0.39, 0.29) is 29.9 Å². The summed E-state index contributed by atoms with van der Waals surface area (Å²) < 4.78 is 23.4. The largest absolute Gasteiger partial charge is 0.349 e. The molecule has 2 atom stereocenters. The van der Waals surface area contributed by atoms with Crippen molar-refractivity contribution in [1.82, 2.24) is 10.2 Å². The highest BCUT2D eigenvalue weighted by atomic mass is 35.5. The molecule has 0 aliphatic carbocycles. The van der Waals surface area contributed by atoms with E-state index < -0.39 is 21.4 Å². The number of amides is 2. The number of anilines is 1. The lowest BCUT2D eigenvalue weighted by Gasteiger charge is -2.27. The lowest BCUT2D eigenvalue weighted by Crippen LogP contribution is -2.52. The molecule has 2 heterocycles. The predicted molar refractivity (Wildman–Crippen MR) is 110 cm³/mol. The highest BCUT2D eigenvalue weighted by Crippen LogP contribution is 2.27. The fourth-order valence-electron chi connectivity index (χ4n) is 3.79. The van der Waals surface area contributed by atoms with Gasteiger partial charge in [-0.3, -0.25) is 14.5 Å². The summed E-state index contributed by atoms with van der Waals surface area (Å²) >= 11 is 12.0. The van der Waals surface area contributed by atoms with Crippen molar-refractivity contribution in [3.63, 3.8) is 0 Å². The van der Waals surface area contributed by atoms with E-state index >= 15 is 0 Å². The maximum atomic E-state index is 12.7. The van der Waals surface area contributed by atoms with Gasteiger partial charge in [0.25, 0.3) is 0 Å². The van der Waals surface area contributed by atoms with Gasteiger partial charge in [-0.05, 0) is 50.9 Å². The Balaban J connectivity index is 1.59. The number of nitrogens with one attached hydrogen (secondary N) is 2. The molecule has 0 spiro atoms. The van der Waals surface area contributed by atoms with Gasteiger partial charge in [-0.25, -0.2) is 8.42 Å². The van der Waals surface area contributed by atoms with Crippen LogP contribution >= 0.6 is 23.2 Å². The average molecular weight is 448 g/mol. The number of carbonyl (C=O) groups is 2. The van der Waals surface area contributed by atoms with Crippen molar-refractivity contribution >= 4 is 50.5 Å². The Hall–Kier alpha value is -1.35. The molecule has 2 fully saturated rings. The number of benzene rings is 1. The van der Waals surface area contributed by atoms with Gasteiger partial charge in [-0.1, -0.05) is 23.2 Å². The van der Waals surface area contributed by atoms with E-state index in [2.05, 4.69) is 10.6 Å². The van der Waals surface area contributed by atoms with Gasteiger partial charge in [0.15, 0.2) is 9.84 Å². The second-order valence-electron chi connectivity index (χ2n) is 7.69. The summed E-state index contributed by atoms with van der Waals surface area (Å²) in [5.74, 6) is -0.474. The molecule has 0 unspecified atom stereocenters. The van der Waals surface area contributed by atoms with Crippen molar-refractivity contribution in [2.24, 2.45) is 0 Å². The first kappa shape index (κ1) is 21.4. The molecule has 28 heavy (non-hydrogen) atoms. The van der Waals surface area contributed by atoms with E-state index in [1.165, 1.54) is 0 Å². The molecular weight excluding hydrogens is 425 g/mol. The Morgan fingerprint density at radius 2 is 2.07 bits per heavy atom. The molecule has 0 aromatic heterocycles. The molecule has 2 amide bonds. The molecule has 0 radical (unpaired) electrons. The first-order valence-electron chi connectivity index (χ1n) is 9.08. The maximum Gasteiger partial charge on any atom is 0.241 e. The Bertz CT molecular complexity index is 893. The molecule has 2 N–H and O–H groups in total. The lowest BCUT2D eigenvalue weighted by atomic mass is 10.0. The Labute approximate surface area is 174 Å². The first-order chi connectivity index (χ1) is 13.1. The van der Waals surface area contributed by atoms with Crippen LogP contribution in [-0.2, 0) is 19.4 Å². The van der Waals surface area contributed by atoms with Crippen molar-refractivity contribution in [3.8, 4) is 0 Å². The summed E-state index contributed by atoms with van der Waals surface area (Å²) in [6, 6.07) is 4.38. The molecule has 1 aromatic rings. The van der Waals surface area contributed by atoms with Crippen LogP contribution in [0.5, 0.6) is 0 Å². The first-order valence-corrected chi connectivity index (χ1v) is 11.7. The summed E-state index contributed by atoms with van der Waals surface area (Å²) in [7, 11) is -3.11. The van der Waals surface area contributed by atoms with Crippen molar-refractivity contribution in [2.45, 2.75) is 37.8 Å². The molecule has 0 saturated carbocycles. The molecule has 2 saturated heterocycles. The molecule has 10 heteroatoms. The Morgan fingerprint density at radius 1 is 1.32 bits per heavy atom. The predicted octanol–water partition coefficient (Wildman–Crippen LogP) is 2.09. The van der Waals surface area contributed by atoms with E-state index in [9.17, 15) is 18.0 Å². The van der Waals surface area contributed by atoms with Gasteiger partial charge in [0.1, 0.15) is 0 Å². The van der Waals surface area contributed by atoms with Gasteiger partial charge in [0.05, 0.1) is 40.3 Å². The molecule has 2 aliphatic rings. The van der Waals surface area contributed by atoms with Crippen molar-refractivity contribution in [2.75, 3.05) is 29.9 Å². The molecule has 2 aliphatic heterocycles. The van der Waals surface area contributed by atoms with Crippen LogP contribution in [-0.4, -0.2) is 61.3 Å². The summed E-state index contributed by atoms with van der Waals surface area (Å²) in [5, 5.41) is 6.45. The van der Waals surface area contributed by atoms with Crippen molar-refractivity contribution < 1.29 is 18.0 Å². The molecular formula is C18H23Cl2N3O4S. The monoisotopic (exact) mass is 447 g/mol. The van der Waals surface area contributed by atoms with Gasteiger partial charge in [0.2, 0.25) is 11.8 Å². The van der Waals surface area contributed by atoms with Gasteiger partial charge in [-0.15, -0.1) is 0 Å². The van der Waals surface area contributed by atoms with Crippen LogP contribution in [0.2, 0.25) is 10.0 Å². The van der Waals surface area contributed by atoms with Crippen LogP contribution in [0, 0.1) is 0 Å². The number of rotatable bonds is 5. The Kier molecular flexibility index (Phi) is 6.24. The van der Waals surface area contributed by atoms with Crippen molar-refractivity contribution in [1.29, 1.82) is 0 Å². The standard InChI is InChI=1S/C18H23Cl2N3O4S/c1-18(6-8-28(26,27)11-18)22-16(24)10-23-7-2-3-15(23)17(25)21-14-5-4-12(19)9-13(14)20/h4-5,9,15H,2-3,6-8,10-11H2,1H3,(H,21,25)(H,22,24)/t15-,18-/m1/s1. The minimum absolute atomic E-state index is 0.0437. The summed E-state index contributed by atoms with van der Waals surface area (Å²) in [6.07, 6.45) is 1.83. The van der Waals surface area contributed by atoms with E-state index in [4.69, 9.17) is 23.2 Å². The van der Waals surface area contributed by atoms with E-state index in [1.807, 2.05) is 0 Å². The molecule has 7 nitrogen and oxygen atoms in total. The van der Waals surface area contributed by atoms with Gasteiger partial charge in [-0.2, -0.15) is 0 Å². The van der Waals surface area contributed by atoms with Crippen molar-refractivity contribution in [3.05, 3.63) is 28.2 Å². The lowest BCUT2D eigenvalue weighted by molar-refractivity contribution is -0.125. The third-order valence-corrected chi connectivity index (χ3v) is 7.60. The van der Waals surface area contributed by atoms with Crippen LogP contribution in [0.15, 0.2) is 18.2 Å². The third-order valence-electron chi connectivity index (χ3n) is 5.15. The zero-order valence-electron chi connectivity index (χ0n) is 15.5. The number of halogens is 2. The SMILES string of the molecule is C[C@@]1(NC(=O)CN2CCC[C@@H]2C(=O)Nc2ccc(Cl)cc2Cl)CCS(=O)(=O)C1. The van der Waals surface area contributed by atoms with Crippen LogP contribution in [0.4, 0.5) is 5.69 Å². The van der Waals surface area contributed by atoms with E-state index in [1.54, 1.807) is 30.0 Å². The maximum absolute atomic E-state index is 12.7. The zero-order valence-corrected chi connectivity index (χ0v) is 17.8. The molecule has 1 aromatic carbocycles. The second-order valence-corrected chi connectivity index (χ2v) is 10.7. The highest BCUT2D eigenvalue weighted by Gasteiger charge is 2.40. The topological polar surface area (TPSA) is 95.6 Å². The number of carbonyl (C=O) groups excluding carboxylic acids is 2. The smallest absolute Gasteiger partial charge is 0.241 e. The fourth-order valence-corrected chi connectivity index (χ4v) is 6.34. The van der Waals surface area contributed by atoms with Crippen LogP contribution < -0.4 is 10.6 Å². The highest BCUT2D eigenvalue weighted by molar-refractivity contribution is 7.91. The number of hydrogen-bond acceptors (Lipinski definition) is 5.